The van der Waals surface area contributed by atoms with Crippen LogP contribution in [-0.4, -0.2) is 38.6 Å². The molecule has 0 radical (unpaired) electrons. The second-order valence-electron chi connectivity index (χ2n) is 2.90. The maximum atomic E-state index is 12.9. The normalized spacial score (nSPS) is 27.6. The van der Waals surface area contributed by atoms with E-state index in [0.29, 0.717) is 0 Å². The number of ether oxygens (including phenoxy) is 2. The predicted molar refractivity (Wildman–Crippen MR) is 35.9 cm³/mol. The van der Waals surface area contributed by atoms with Crippen LogP contribution in [-0.2, 0) is 9.47 Å². The third-order valence-electron chi connectivity index (χ3n) is 1.79. The molecule has 82 valence electrons. The average Bonchev–Trinajstić information content (AvgIpc) is 2.07. The Bertz CT molecular complexity index is 201. The zero-order valence-electron chi connectivity index (χ0n) is 9.12. The molecule has 0 aromatic rings. The molecular formula is C6H8BF3K2O4. The SMILES string of the molecule is [K+].[K+].[O-]B([O-])COC1CCOC(F)(F)C1F. The van der Waals surface area contributed by atoms with Crippen molar-refractivity contribution in [2.45, 2.75) is 24.8 Å². The fourth-order valence-electron chi connectivity index (χ4n) is 1.12. The molecule has 2 atom stereocenters. The summed E-state index contributed by atoms with van der Waals surface area (Å²) in [6, 6.07) is 0. The maximum absolute atomic E-state index is 12.9. The van der Waals surface area contributed by atoms with Crippen molar-refractivity contribution >= 4 is 7.12 Å². The Balaban J connectivity index is 0. The molecule has 0 N–H and O–H groups in total. The molecule has 2 unspecified atom stereocenters. The minimum atomic E-state index is -3.90. The Morgan fingerprint density at radius 1 is 1.38 bits per heavy atom. The molecule has 0 bridgehead atoms. The summed E-state index contributed by atoms with van der Waals surface area (Å²) in [7, 11) is -2.29. The molecule has 1 fully saturated rings. The van der Waals surface area contributed by atoms with Crippen LogP contribution >= 0.6 is 0 Å². The molecule has 10 heteroatoms. The predicted octanol–water partition coefficient (Wildman–Crippen LogP) is -7.52. The zero-order chi connectivity index (χ0) is 10.8. The molecule has 0 aliphatic carbocycles. The van der Waals surface area contributed by atoms with E-state index < -0.39 is 32.0 Å². The van der Waals surface area contributed by atoms with Gasteiger partial charge < -0.3 is 19.5 Å². The van der Waals surface area contributed by atoms with Crippen LogP contribution in [0.15, 0.2) is 0 Å². The summed E-state index contributed by atoms with van der Waals surface area (Å²) in [6.45, 7) is -1.18. The van der Waals surface area contributed by atoms with Crippen molar-refractivity contribution in [3.63, 3.8) is 0 Å². The molecule has 1 saturated heterocycles. The van der Waals surface area contributed by atoms with Crippen LogP contribution in [0.3, 0.4) is 0 Å². The van der Waals surface area contributed by atoms with E-state index in [1.165, 1.54) is 0 Å². The average molecular weight is 290 g/mol. The number of rotatable bonds is 3. The third kappa shape index (κ3) is 6.94. The van der Waals surface area contributed by atoms with Gasteiger partial charge in [0.2, 0.25) is 6.17 Å². The second-order valence-corrected chi connectivity index (χ2v) is 2.90. The van der Waals surface area contributed by atoms with E-state index in [1.807, 2.05) is 0 Å². The van der Waals surface area contributed by atoms with Gasteiger partial charge in [0.25, 0.3) is 0 Å². The van der Waals surface area contributed by atoms with E-state index in [9.17, 15) is 23.2 Å². The Kier molecular flexibility index (Phi) is 13.0. The summed E-state index contributed by atoms with van der Waals surface area (Å²) in [5.41, 5.74) is 0. The smallest absolute Gasteiger partial charge is 0.891 e. The minimum absolute atomic E-state index is 0. The number of alkyl halides is 3. The molecule has 1 aliphatic rings. The molecule has 0 aromatic heterocycles. The van der Waals surface area contributed by atoms with Gasteiger partial charge in [0.15, 0.2) is 0 Å². The summed E-state index contributed by atoms with van der Waals surface area (Å²) >= 11 is 0. The van der Waals surface area contributed by atoms with E-state index >= 15 is 0 Å². The van der Waals surface area contributed by atoms with Gasteiger partial charge in [-0.2, -0.15) is 8.78 Å². The van der Waals surface area contributed by atoms with Crippen molar-refractivity contribution in [1.29, 1.82) is 0 Å². The summed E-state index contributed by atoms with van der Waals surface area (Å²) < 4.78 is 46.3. The Hall–Kier alpha value is 2.97. The van der Waals surface area contributed by atoms with Crippen molar-refractivity contribution in [3.8, 4) is 0 Å². The third-order valence-corrected chi connectivity index (χ3v) is 1.79. The Morgan fingerprint density at radius 2 is 1.94 bits per heavy atom. The van der Waals surface area contributed by atoms with Crippen LogP contribution in [0.1, 0.15) is 6.42 Å². The Labute approximate surface area is 177 Å². The largest absolute Gasteiger partial charge is 1.00 e. The van der Waals surface area contributed by atoms with Crippen molar-refractivity contribution in [3.05, 3.63) is 0 Å². The molecular weight excluding hydrogens is 282 g/mol. The van der Waals surface area contributed by atoms with Crippen molar-refractivity contribution in [2.24, 2.45) is 0 Å². The van der Waals surface area contributed by atoms with Gasteiger partial charge in [-0.05, 0) is 6.51 Å². The molecule has 1 heterocycles. The molecule has 0 saturated carbocycles. The van der Waals surface area contributed by atoms with Crippen molar-refractivity contribution < 1.29 is 135 Å². The van der Waals surface area contributed by atoms with Crippen LogP contribution in [0.2, 0.25) is 0 Å². The van der Waals surface area contributed by atoms with Crippen LogP contribution in [0.5, 0.6) is 0 Å². The van der Waals surface area contributed by atoms with Gasteiger partial charge in [-0.1, -0.05) is 7.12 Å². The van der Waals surface area contributed by atoms with Gasteiger partial charge >= 0.3 is 109 Å². The summed E-state index contributed by atoms with van der Waals surface area (Å²) in [6.07, 6.45) is -8.06. The second kappa shape index (κ2) is 9.81. The van der Waals surface area contributed by atoms with E-state index in [1.54, 1.807) is 0 Å². The van der Waals surface area contributed by atoms with Crippen molar-refractivity contribution in [1.82, 2.24) is 0 Å². The minimum Gasteiger partial charge on any atom is -0.891 e. The zero-order valence-corrected chi connectivity index (χ0v) is 15.4. The molecule has 1 rings (SSSR count). The van der Waals surface area contributed by atoms with Gasteiger partial charge in [-0.3, -0.25) is 0 Å². The van der Waals surface area contributed by atoms with E-state index in [4.69, 9.17) is 0 Å². The number of halogens is 3. The first-order valence-electron chi connectivity index (χ1n) is 4.02. The van der Waals surface area contributed by atoms with E-state index in [2.05, 4.69) is 9.47 Å². The monoisotopic (exact) mass is 290 g/mol. The van der Waals surface area contributed by atoms with Crippen LogP contribution in [0.4, 0.5) is 13.2 Å². The first-order chi connectivity index (χ1) is 6.43. The molecule has 1 aliphatic heterocycles. The molecule has 16 heavy (non-hydrogen) atoms. The van der Waals surface area contributed by atoms with Gasteiger partial charge in [-0.15, -0.1) is 0 Å². The molecule has 0 amide bonds. The van der Waals surface area contributed by atoms with Gasteiger partial charge in [0.05, 0.1) is 12.7 Å². The van der Waals surface area contributed by atoms with Crippen LogP contribution in [0.25, 0.3) is 0 Å². The van der Waals surface area contributed by atoms with Gasteiger partial charge in [0.1, 0.15) is 0 Å². The Morgan fingerprint density at radius 3 is 2.44 bits per heavy atom. The van der Waals surface area contributed by atoms with Gasteiger partial charge in [-0.25, -0.2) is 4.39 Å². The summed E-state index contributed by atoms with van der Waals surface area (Å²) in [5.74, 6) is 0. The first kappa shape index (κ1) is 21.3. The first-order valence-corrected chi connectivity index (χ1v) is 4.02. The van der Waals surface area contributed by atoms with E-state index in [-0.39, 0.29) is 116 Å². The number of hydrogen-bond acceptors (Lipinski definition) is 4. The van der Waals surface area contributed by atoms with E-state index in [0.717, 1.165) is 0 Å². The quantitative estimate of drug-likeness (QED) is 0.484. The maximum Gasteiger partial charge on any atom is 1.00 e. The summed E-state index contributed by atoms with van der Waals surface area (Å²) in [5, 5.41) is 20.0. The fraction of sp³-hybridized carbons (Fsp3) is 1.00. The van der Waals surface area contributed by atoms with Crippen molar-refractivity contribution in [2.75, 3.05) is 13.1 Å². The summed E-state index contributed by atoms with van der Waals surface area (Å²) in [4.78, 5) is 0. The number of hydrogen-bond donors (Lipinski definition) is 0. The molecule has 0 aromatic carbocycles. The molecule has 0 spiro atoms. The van der Waals surface area contributed by atoms with Gasteiger partial charge in [0, 0.05) is 6.42 Å². The fourth-order valence-corrected chi connectivity index (χ4v) is 1.12. The topological polar surface area (TPSA) is 64.6 Å². The van der Waals surface area contributed by atoms with Crippen LogP contribution < -0.4 is 113 Å². The standard InChI is InChI=1S/C6H8BF3O4.2K/c8-5-4(13-3-7(11)12)1-2-14-6(5,9)10;;/h4-5H,1-3H2;;/q-2;2*+1. The van der Waals surface area contributed by atoms with Crippen LogP contribution in [0, 0.1) is 0 Å². The molecule has 4 nitrogen and oxygen atoms in total.